The molecule has 0 atom stereocenters. The second-order valence-corrected chi connectivity index (χ2v) is 2.51. The Morgan fingerprint density at radius 1 is 1.50 bits per heavy atom. The van der Waals surface area contributed by atoms with E-state index in [1.165, 1.54) is 6.07 Å². The molecule has 0 bridgehead atoms. The van der Waals surface area contributed by atoms with Crippen molar-refractivity contribution in [2.24, 2.45) is 0 Å². The van der Waals surface area contributed by atoms with Crippen molar-refractivity contribution in [2.75, 3.05) is 0 Å². The number of hydrogen-bond acceptors (Lipinski definition) is 4. The van der Waals surface area contributed by atoms with E-state index in [0.29, 0.717) is 0 Å². The van der Waals surface area contributed by atoms with Crippen LogP contribution < -0.4 is 4.74 Å². The molecule has 0 aromatic carbocycles. The molecule has 0 aliphatic heterocycles. The van der Waals surface area contributed by atoms with Crippen molar-refractivity contribution in [1.29, 1.82) is 5.26 Å². The number of nitrogens with zero attached hydrogens (tertiary/aromatic N) is 2. The lowest BCUT2D eigenvalue weighted by atomic mass is 10.2. The summed E-state index contributed by atoms with van der Waals surface area (Å²) in [5, 5.41) is 16.9. The highest BCUT2D eigenvalue weighted by atomic mass is 19.4. The summed E-state index contributed by atoms with van der Waals surface area (Å²) in [4.78, 5) is 13.7. The number of hydrogen-bond donors (Lipinski definition) is 1. The number of rotatable bonds is 2. The number of aromatic carboxylic acids is 1. The maximum Gasteiger partial charge on any atom is 0.574 e. The third-order valence-electron chi connectivity index (χ3n) is 1.42. The molecule has 0 radical (unpaired) electrons. The topological polar surface area (TPSA) is 83.2 Å². The lowest BCUT2D eigenvalue weighted by molar-refractivity contribution is -0.276. The third kappa shape index (κ3) is 2.84. The first-order chi connectivity index (χ1) is 7.33. The standard InChI is InChI=1S/C8H3F3N2O3/c9-8(10,11)16-6-5(7(14)15)2-1-4(3-12)13-6/h1-2H,(H,14,15). The first-order valence-corrected chi connectivity index (χ1v) is 3.73. The Bertz CT molecular complexity index is 465. The maximum absolute atomic E-state index is 11.9. The van der Waals surface area contributed by atoms with Crippen LogP contribution in [0.2, 0.25) is 0 Å². The fourth-order valence-corrected chi connectivity index (χ4v) is 0.853. The minimum atomic E-state index is -5.06. The van der Waals surface area contributed by atoms with Gasteiger partial charge in [-0.1, -0.05) is 0 Å². The number of carboxylic acids is 1. The van der Waals surface area contributed by atoms with Crippen molar-refractivity contribution in [2.45, 2.75) is 6.36 Å². The first-order valence-electron chi connectivity index (χ1n) is 3.73. The smallest absolute Gasteiger partial charge is 0.477 e. The molecule has 0 aliphatic carbocycles. The van der Waals surface area contributed by atoms with Gasteiger partial charge in [-0.05, 0) is 12.1 Å². The molecule has 16 heavy (non-hydrogen) atoms. The van der Waals surface area contributed by atoms with Gasteiger partial charge in [0, 0.05) is 0 Å². The van der Waals surface area contributed by atoms with E-state index >= 15 is 0 Å². The average Bonchev–Trinajstić information content (AvgIpc) is 2.14. The van der Waals surface area contributed by atoms with Gasteiger partial charge in [-0.15, -0.1) is 13.2 Å². The van der Waals surface area contributed by atoms with Crippen LogP contribution in [0.5, 0.6) is 5.88 Å². The van der Waals surface area contributed by atoms with E-state index in [1.54, 1.807) is 0 Å². The van der Waals surface area contributed by atoms with Crippen molar-refractivity contribution >= 4 is 5.97 Å². The summed E-state index contributed by atoms with van der Waals surface area (Å²) < 4.78 is 39.0. The van der Waals surface area contributed by atoms with Gasteiger partial charge in [-0.3, -0.25) is 0 Å². The van der Waals surface area contributed by atoms with Crippen molar-refractivity contribution in [3.63, 3.8) is 0 Å². The second kappa shape index (κ2) is 4.06. The molecule has 0 amide bonds. The van der Waals surface area contributed by atoms with Crippen LogP contribution in [0.1, 0.15) is 16.1 Å². The summed E-state index contributed by atoms with van der Waals surface area (Å²) in [5.74, 6) is -2.78. The van der Waals surface area contributed by atoms with Gasteiger partial charge in [-0.25, -0.2) is 9.78 Å². The quantitative estimate of drug-likeness (QED) is 0.836. The Labute approximate surface area is 86.7 Å². The molecule has 84 valence electrons. The zero-order valence-electron chi connectivity index (χ0n) is 7.45. The van der Waals surface area contributed by atoms with E-state index in [1.807, 2.05) is 0 Å². The minimum absolute atomic E-state index is 0.371. The average molecular weight is 232 g/mol. The molecule has 5 nitrogen and oxygen atoms in total. The predicted molar refractivity (Wildman–Crippen MR) is 42.6 cm³/mol. The van der Waals surface area contributed by atoms with Gasteiger partial charge in [-0.2, -0.15) is 5.26 Å². The first kappa shape index (κ1) is 11.8. The van der Waals surface area contributed by atoms with Crippen LogP contribution in [-0.4, -0.2) is 22.4 Å². The lowest BCUT2D eigenvalue weighted by Crippen LogP contribution is -2.20. The van der Waals surface area contributed by atoms with Crippen LogP contribution >= 0.6 is 0 Å². The van der Waals surface area contributed by atoms with Crippen LogP contribution in [-0.2, 0) is 0 Å². The van der Waals surface area contributed by atoms with E-state index in [2.05, 4.69) is 9.72 Å². The Hall–Kier alpha value is -2.30. The summed E-state index contributed by atoms with van der Waals surface area (Å²) in [6.07, 6.45) is -5.06. The number of pyridine rings is 1. The molecule has 8 heteroatoms. The molecule has 0 saturated heterocycles. The van der Waals surface area contributed by atoms with Crippen LogP contribution in [0.4, 0.5) is 13.2 Å². The number of halogens is 3. The van der Waals surface area contributed by atoms with Gasteiger partial charge in [0.2, 0.25) is 5.88 Å². The highest BCUT2D eigenvalue weighted by molar-refractivity contribution is 5.90. The Kier molecular flexibility index (Phi) is 2.99. The number of carboxylic acid groups (broad SMARTS) is 1. The normalized spacial score (nSPS) is 10.6. The number of aromatic nitrogens is 1. The monoisotopic (exact) mass is 232 g/mol. The summed E-state index contributed by atoms with van der Waals surface area (Å²) in [6, 6.07) is 3.26. The molecule has 0 saturated carbocycles. The molecule has 1 aromatic heterocycles. The highest BCUT2D eigenvalue weighted by Gasteiger charge is 2.34. The van der Waals surface area contributed by atoms with Crippen molar-refractivity contribution < 1.29 is 27.8 Å². The molecular formula is C8H3F3N2O3. The van der Waals surface area contributed by atoms with E-state index in [9.17, 15) is 18.0 Å². The van der Waals surface area contributed by atoms with Crippen LogP contribution in [0.25, 0.3) is 0 Å². The summed E-state index contributed by atoms with van der Waals surface area (Å²) in [7, 11) is 0. The van der Waals surface area contributed by atoms with E-state index in [0.717, 1.165) is 12.1 Å². The van der Waals surface area contributed by atoms with Crippen molar-refractivity contribution in [3.8, 4) is 11.9 Å². The molecule has 0 aliphatic rings. The Morgan fingerprint density at radius 2 is 2.12 bits per heavy atom. The van der Waals surface area contributed by atoms with Crippen LogP contribution in [0, 0.1) is 11.3 Å². The molecule has 1 rings (SSSR count). The fraction of sp³-hybridized carbons (Fsp3) is 0.125. The molecule has 1 heterocycles. The van der Waals surface area contributed by atoms with Crippen molar-refractivity contribution in [3.05, 3.63) is 23.4 Å². The number of alkyl halides is 3. The van der Waals surface area contributed by atoms with Gasteiger partial charge in [0.1, 0.15) is 17.3 Å². The van der Waals surface area contributed by atoms with Crippen molar-refractivity contribution in [1.82, 2.24) is 4.98 Å². The number of carbonyl (C=O) groups is 1. The van der Waals surface area contributed by atoms with Gasteiger partial charge < -0.3 is 9.84 Å². The second-order valence-electron chi connectivity index (χ2n) is 2.51. The molecule has 0 unspecified atom stereocenters. The highest BCUT2D eigenvalue weighted by Crippen LogP contribution is 2.24. The maximum atomic E-state index is 11.9. The summed E-state index contributed by atoms with van der Waals surface area (Å²) >= 11 is 0. The lowest BCUT2D eigenvalue weighted by Gasteiger charge is -2.09. The van der Waals surface area contributed by atoms with E-state index in [-0.39, 0.29) is 5.69 Å². The molecule has 0 spiro atoms. The van der Waals surface area contributed by atoms with Gasteiger partial charge in [0.05, 0.1) is 0 Å². The molecule has 1 N–H and O–H groups in total. The predicted octanol–water partition coefficient (Wildman–Crippen LogP) is 1.55. The minimum Gasteiger partial charge on any atom is -0.477 e. The SMILES string of the molecule is N#Cc1ccc(C(=O)O)c(OC(F)(F)F)n1. The molecule has 1 aromatic rings. The van der Waals surface area contributed by atoms with Gasteiger partial charge in [0.25, 0.3) is 0 Å². The van der Waals surface area contributed by atoms with Gasteiger partial charge >= 0.3 is 12.3 Å². The Morgan fingerprint density at radius 3 is 2.56 bits per heavy atom. The van der Waals surface area contributed by atoms with Crippen LogP contribution in [0.15, 0.2) is 12.1 Å². The fourth-order valence-electron chi connectivity index (χ4n) is 0.853. The zero-order chi connectivity index (χ0) is 12.3. The zero-order valence-corrected chi connectivity index (χ0v) is 7.45. The van der Waals surface area contributed by atoms with Gasteiger partial charge in [0.15, 0.2) is 0 Å². The molecular weight excluding hydrogens is 229 g/mol. The number of nitriles is 1. The van der Waals surface area contributed by atoms with E-state index < -0.39 is 23.8 Å². The largest absolute Gasteiger partial charge is 0.574 e. The Balaban J connectivity index is 3.22. The summed E-state index contributed by atoms with van der Waals surface area (Å²) in [6.45, 7) is 0. The van der Waals surface area contributed by atoms with E-state index in [4.69, 9.17) is 10.4 Å². The van der Waals surface area contributed by atoms with Crippen LogP contribution in [0.3, 0.4) is 0 Å². The summed E-state index contributed by atoms with van der Waals surface area (Å²) in [5.41, 5.74) is -1.14. The third-order valence-corrected chi connectivity index (χ3v) is 1.42. The number of ether oxygens (including phenoxy) is 1. The molecule has 0 fully saturated rings.